The van der Waals surface area contributed by atoms with Gasteiger partial charge in [0.05, 0.1) is 5.56 Å². The summed E-state index contributed by atoms with van der Waals surface area (Å²) in [5, 5.41) is 3.51. The monoisotopic (exact) mass is 411 g/mol. The number of carbonyl (C=O) groups is 2. The summed E-state index contributed by atoms with van der Waals surface area (Å²) >= 11 is 5.91. The minimum absolute atomic E-state index is 0.0608. The van der Waals surface area contributed by atoms with Gasteiger partial charge in [-0.15, -0.1) is 0 Å². The number of rotatable bonds is 4. The van der Waals surface area contributed by atoms with Gasteiger partial charge in [-0.05, 0) is 74.6 Å². The Labute approximate surface area is 176 Å². The molecule has 1 N–H and O–H groups in total. The number of piperidine rings is 1. The van der Waals surface area contributed by atoms with Gasteiger partial charge in [0.2, 0.25) is 0 Å². The normalized spacial score (nSPS) is 16.7. The largest absolute Gasteiger partial charge is 0.371 e. The van der Waals surface area contributed by atoms with Crippen molar-refractivity contribution in [3.63, 3.8) is 0 Å². The second-order valence-electron chi connectivity index (χ2n) is 7.74. The average Bonchev–Trinajstić information content (AvgIpc) is 3.29. The molecule has 29 heavy (non-hydrogen) atoms. The minimum Gasteiger partial charge on any atom is -0.371 e. The van der Waals surface area contributed by atoms with Crippen LogP contribution in [0.3, 0.4) is 0 Å². The van der Waals surface area contributed by atoms with E-state index < -0.39 is 0 Å². The predicted octanol–water partition coefficient (Wildman–Crippen LogP) is 4.82. The minimum atomic E-state index is -0.216. The summed E-state index contributed by atoms with van der Waals surface area (Å²) in [6.45, 7) is 3.55. The Balaban J connectivity index is 1.61. The van der Waals surface area contributed by atoms with Crippen molar-refractivity contribution in [2.24, 2.45) is 0 Å². The van der Waals surface area contributed by atoms with Crippen LogP contribution >= 0.6 is 11.6 Å². The third kappa shape index (κ3) is 4.56. The Morgan fingerprint density at radius 3 is 2.17 bits per heavy atom. The molecule has 0 spiro atoms. The lowest BCUT2D eigenvalue weighted by Gasteiger charge is -2.31. The SMILES string of the molecule is O=C(Nc1ccc(N2CCCCC2)c(C(=O)N2CCCC2)c1)c1ccc(Cl)cc1. The molecule has 2 fully saturated rings. The molecule has 6 heteroatoms. The van der Waals surface area contributed by atoms with Crippen molar-refractivity contribution >= 4 is 34.8 Å². The van der Waals surface area contributed by atoms with Crippen LogP contribution in [0, 0.1) is 0 Å². The third-order valence-electron chi connectivity index (χ3n) is 5.68. The average molecular weight is 412 g/mol. The van der Waals surface area contributed by atoms with Gasteiger partial charge in [0.1, 0.15) is 0 Å². The molecule has 2 aromatic carbocycles. The van der Waals surface area contributed by atoms with Crippen LogP contribution in [0.1, 0.15) is 52.8 Å². The van der Waals surface area contributed by atoms with E-state index in [1.807, 2.05) is 23.1 Å². The fraction of sp³-hybridized carbons (Fsp3) is 0.391. The maximum atomic E-state index is 13.2. The molecule has 152 valence electrons. The maximum Gasteiger partial charge on any atom is 0.256 e. The summed E-state index contributed by atoms with van der Waals surface area (Å²) in [5.41, 5.74) is 2.82. The molecule has 0 radical (unpaired) electrons. The van der Waals surface area contributed by atoms with Crippen LogP contribution in [0.2, 0.25) is 5.02 Å². The Kier molecular flexibility index (Phi) is 6.05. The summed E-state index contributed by atoms with van der Waals surface area (Å²) in [7, 11) is 0. The van der Waals surface area contributed by atoms with Crippen molar-refractivity contribution in [3.05, 3.63) is 58.6 Å². The molecule has 5 nitrogen and oxygen atoms in total. The van der Waals surface area contributed by atoms with Crippen molar-refractivity contribution < 1.29 is 9.59 Å². The molecule has 0 aromatic heterocycles. The second-order valence-corrected chi connectivity index (χ2v) is 8.18. The molecule has 2 amide bonds. The zero-order valence-electron chi connectivity index (χ0n) is 16.5. The van der Waals surface area contributed by atoms with Crippen molar-refractivity contribution in [2.45, 2.75) is 32.1 Å². The lowest BCUT2D eigenvalue weighted by Crippen LogP contribution is -2.34. The molecule has 2 aliphatic rings. The molecule has 0 saturated carbocycles. The first-order valence-electron chi connectivity index (χ1n) is 10.4. The molecule has 2 saturated heterocycles. The van der Waals surface area contributed by atoms with Gasteiger partial charge in [0.25, 0.3) is 11.8 Å². The Morgan fingerprint density at radius 2 is 1.48 bits per heavy atom. The van der Waals surface area contributed by atoms with E-state index in [1.165, 1.54) is 6.42 Å². The summed E-state index contributed by atoms with van der Waals surface area (Å²) in [6, 6.07) is 12.5. The fourth-order valence-corrected chi connectivity index (χ4v) is 4.22. The van der Waals surface area contributed by atoms with Crippen LogP contribution in [0.15, 0.2) is 42.5 Å². The lowest BCUT2D eigenvalue weighted by atomic mass is 10.0. The van der Waals surface area contributed by atoms with Crippen LogP contribution in [0.25, 0.3) is 0 Å². The first-order chi connectivity index (χ1) is 14.1. The number of anilines is 2. The number of nitrogens with zero attached hydrogens (tertiary/aromatic N) is 2. The first-order valence-corrected chi connectivity index (χ1v) is 10.7. The van der Waals surface area contributed by atoms with Gasteiger partial charge in [0, 0.05) is 48.1 Å². The highest BCUT2D eigenvalue weighted by Crippen LogP contribution is 2.29. The highest BCUT2D eigenvalue weighted by molar-refractivity contribution is 6.30. The standard InChI is InChI=1S/C23H26ClN3O2/c24-18-8-6-17(7-9-18)22(28)25-19-10-11-21(26-12-2-1-3-13-26)20(16-19)23(29)27-14-4-5-15-27/h6-11,16H,1-5,12-15H2,(H,25,28). The van der Waals surface area contributed by atoms with Gasteiger partial charge < -0.3 is 15.1 Å². The predicted molar refractivity (Wildman–Crippen MR) is 117 cm³/mol. The van der Waals surface area contributed by atoms with Gasteiger partial charge in [-0.3, -0.25) is 9.59 Å². The molecule has 0 aliphatic carbocycles. The number of hydrogen-bond donors (Lipinski definition) is 1. The van der Waals surface area contributed by atoms with Crippen molar-refractivity contribution in [1.82, 2.24) is 4.90 Å². The molecular weight excluding hydrogens is 386 g/mol. The Morgan fingerprint density at radius 1 is 0.828 bits per heavy atom. The van der Waals surface area contributed by atoms with Crippen LogP contribution in [-0.4, -0.2) is 42.9 Å². The van der Waals surface area contributed by atoms with E-state index in [1.54, 1.807) is 24.3 Å². The van der Waals surface area contributed by atoms with Crippen molar-refractivity contribution in [1.29, 1.82) is 0 Å². The maximum absolute atomic E-state index is 13.2. The molecule has 0 atom stereocenters. The molecule has 2 aliphatic heterocycles. The highest BCUT2D eigenvalue weighted by Gasteiger charge is 2.25. The summed E-state index contributed by atoms with van der Waals surface area (Å²) in [4.78, 5) is 30.0. The van der Waals surface area contributed by atoms with Crippen LogP contribution in [0.4, 0.5) is 11.4 Å². The van der Waals surface area contributed by atoms with E-state index in [2.05, 4.69) is 10.2 Å². The number of carbonyl (C=O) groups excluding carboxylic acids is 2. The van der Waals surface area contributed by atoms with E-state index in [4.69, 9.17) is 11.6 Å². The number of halogens is 1. The quantitative estimate of drug-likeness (QED) is 0.784. The number of amides is 2. The summed E-state index contributed by atoms with van der Waals surface area (Å²) < 4.78 is 0. The summed E-state index contributed by atoms with van der Waals surface area (Å²) in [6.07, 6.45) is 5.63. The van der Waals surface area contributed by atoms with E-state index in [9.17, 15) is 9.59 Å². The lowest BCUT2D eigenvalue weighted by molar-refractivity contribution is 0.0793. The number of hydrogen-bond acceptors (Lipinski definition) is 3. The highest BCUT2D eigenvalue weighted by atomic mass is 35.5. The number of benzene rings is 2. The molecule has 0 unspecified atom stereocenters. The zero-order valence-corrected chi connectivity index (χ0v) is 17.3. The zero-order chi connectivity index (χ0) is 20.2. The first kappa shape index (κ1) is 19.8. The second kappa shape index (κ2) is 8.87. The van der Waals surface area contributed by atoms with E-state index >= 15 is 0 Å². The Bertz CT molecular complexity index is 885. The van der Waals surface area contributed by atoms with E-state index in [-0.39, 0.29) is 11.8 Å². The van der Waals surface area contributed by atoms with Crippen LogP contribution in [-0.2, 0) is 0 Å². The molecule has 2 aromatic rings. The number of nitrogens with one attached hydrogen (secondary N) is 1. The van der Waals surface area contributed by atoms with Gasteiger partial charge in [-0.1, -0.05) is 11.6 Å². The molecule has 0 bridgehead atoms. The van der Waals surface area contributed by atoms with Gasteiger partial charge >= 0.3 is 0 Å². The smallest absolute Gasteiger partial charge is 0.256 e. The van der Waals surface area contributed by atoms with Crippen LogP contribution in [0.5, 0.6) is 0 Å². The van der Waals surface area contributed by atoms with Crippen molar-refractivity contribution in [2.75, 3.05) is 36.4 Å². The topological polar surface area (TPSA) is 52.7 Å². The van der Waals surface area contributed by atoms with Gasteiger partial charge in [0.15, 0.2) is 0 Å². The molecular formula is C23H26ClN3O2. The van der Waals surface area contributed by atoms with Crippen molar-refractivity contribution in [3.8, 4) is 0 Å². The van der Waals surface area contributed by atoms with Crippen LogP contribution < -0.4 is 10.2 Å². The van der Waals surface area contributed by atoms with Gasteiger partial charge in [-0.2, -0.15) is 0 Å². The Hall–Kier alpha value is -2.53. The molecule has 2 heterocycles. The third-order valence-corrected chi connectivity index (χ3v) is 5.93. The van der Waals surface area contributed by atoms with E-state index in [0.717, 1.165) is 57.5 Å². The van der Waals surface area contributed by atoms with E-state index in [0.29, 0.717) is 21.8 Å². The summed E-state index contributed by atoms with van der Waals surface area (Å²) in [5.74, 6) is -0.155. The van der Waals surface area contributed by atoms with Gasteiger partial charge in [-0.25, -0.2) is 0 Å². The fourth-order valence-electron chi connectivity index (χ4n) is 4.09. The molecule has 4 rings (SSSR count). The number of likely N-dealkylation sites (tertiary alicyclic amines) is 1.